The lowest BCUT2D eigenvalue weighted by Gasteiger charge is -2.39. The van der Waals surface area contributed by atoms with Crippen molar-refractivity contribution in [3.63, 3.8) is 0 Å². The largest absolute Gasteiger partial charge is 0.272 e. The highest BCUT2D eigenvalue weighted by Gasteiger charge is 2.37. The summed E-state index contributed by atoms with van der Waals surface area (Å²) in [5, 5.41) is 1.26. The van der Waals surface area contributed by atoms with Gasteiger partial charge < -0.3 is 0 Å². The molecule has 1 atom stereocenters. The third-order valence-corrected chi connectivity index (χ3v) is 3.66. The van der Waals surface area contributed by atoms with Crippen molar-refractivity contribution < 1.29 is 18.4 Å². The predicted octanol–water partition coefficient (Wildman–Crippen LogP) is 3.24. The van der Waals surface area contributed by atoms with Crippen LogP contribution in [0.4, 0.5) is 8.78 Å². The van der Waals surface area contributed by atoms with E-state index in [2.05, 4.69) is 0 Å². The molecule has 5 heteroatoms. The van der Waals surface area contributed by atoms with Crippen molar-refractivity contribution in [3.8, 4) is 0 Å². The smallest absolute Gasteiger partial charge is 0.248 e. The summed E-state index contributed by atoms with van der Waals surface area (Å²) < 4.78 is 26.8. The lowest BCUT2D eigenvalue weighted by molar-refractivity contribution is -0.232. The van der Waals surface area contributed by atoms with Crippen LogP contribution in [0.3, 0.4) is 0 Å². The van der Waals surface area contributed by atoms with E-state index in [1.165, 1.54) is 5.06 Å². The first-order chi connectivity index (χ1) is 10.6. The number of hydrogen-bond acceptors (Lipinski definition) is 2. The summed E-state index contributed by atoms with van der Waals surface area (Å²) in [6, 6.07) is 12.5. The molecule has 1 fully saturated rings. The lowest BCUT2D eigenvalue weighted by Crippen LogP contribution is -2.53. The Morgan fingerprint density at radius 1 is 1.14 bits per heavy atom. The first-order valence-corrected chi connectivity index (χ1v) is 7.06. The molecule has 1 heterocycles. The Morgan fingerprint density at radius 3 is 2.64 bits per heavy atom. The van der Waals surface area contributed by atoms with Crippen LogP contribution in [0, 0.1) is 11.6 Å². The number of rotatable bonds is 5. The molecule has 0 unspecified atom stereocenters. The molecule has 1 amide bonds. The third kappa shape index (κ3) is 3.14. The highest BCUT2D eigenvalue weighted by atomic mass is 19.1. The number of amides is 1. The maximum Gasteiger partial charge on any atom is 0.248 e. The van der Waals surface area contributed by atoms with Gasteiger partial charge >= 0.3 is 0 Å². The quantitative estimate of drug-likeness (QED) is 0.794. The topological polar surface area (TPSA) is 29.5 Å². The molecule has 3 rings (SSSR count). The van der Waals surface area contributed by atoms with E-state index in [0.29, 0.717) is 0 Å². The number of hydrogen-bond donors (Lipinski definition) is 0. The Morgan fingerprint density at radius 2 is 1.91 bits per heavy atom. The van der Waals surface area contributed by atoms with E-state index in [4.69, 9.17) is 4.84 Å². The molecule has 0 aliphatic carbocycles. The number of carbonyl (C=O) groups is 1. The van der Waals surface area contributed by atoms with Gasteiger partial charge in [0.2, 0.25) is 5.91 Å². The van der Waals surface area contributed by atoms with Crippen LogP contribution in [-0.4, -0.2) is 17.0 Å². The zero-order valence-electron chi connectivity index (χ0n) is 11.8. The predicted molar refractivity (Wildman–Crippen MR) is 76.5 cm³/mol. The molecule has 0 bridgehead atoms. The highest BCUT2D eigenvalue weighted by molar-refractivity contribution is 5.82. The number of halogens is 2. The first kappa shape index (κ1) is 14.7. The summed E-state index contributed by atoms with van der Waals surface area (Å²) >= 11 is 0. The summed E-state index contributed by atoms with van der Waals surface area (Å²) in [7, 11) is 0. The second-order valence-electron chi connectivity index (χ2n) is 5.28. The molecule has 114 valence electrons. The van der Waals surface area contributed by atoms with E-state index in [9.17, 15) is 13.6 Å². The minimum absolute atomic E-state index is 0.141. The molecule has 1 saturated heterocycles. The van der Waals surface area contributed by atoms with E-state index in [-0.39, 0.29) is 37.0 Å². The van der Waals surface area contributed by atoms with E-state index in [1.54, 1.807) is 0 Å². The fourth-order valence-electron chi connectivity index (χ4n) is 2.47. The minimum atomic E-state index is -0.487. The molecule has 0 N–H and O–H groups in total. The molecule has 2 aromatic rings. The van der Waals surface area contributed by atoms with Gasteiger partial charge in [-0.3, -0.25) is 9.63 Å². The second kappa shape index (κ2) is 6.23. The van der Waals surface area contributed by atoms with Crippen molar-refractivity contribution in [2.24, 2.45) is 0 Å². The van der Waals surface area contributed by atoms with Gasteiger partial charge in [-0.25, -0.2) is 13.8 Å². The van der Waals surface area contributed by atoms with Crippen molar-refractivity contribution in [1.82, 2.24) is 5.06 Å². The second-order valence-corrected chi connectivity index (χ2v) is 5.28. The number of β-lactam (4-membered cyclic amide) rings is 1. The molecular formula is C17H15F2NO2. The van der Waals surface area contributed by atoms with Gasteiger partial charge in [0.25, 0.3) is 0 Å². The molecule has 0 saturated carbocycles. The normalized spacial score (nSPS) is 17.5. The number of benzene rings is 2. The minimum Gasteiger partial charge on any atom is -0.272 e. The van der Waals surface area contributed by atoms with Crippen LogP contribution < -0.4 is 0 Å². The summed E-state index contributed by atoms with van der Waals surface area (Å²) in [4.78, 5) is 17.1. The van der Waals surface area contributed by atoms with Gasteiger partial charge in [-0.1, -0.05) is 30.3 Å². The van der Waals surface area contributed by atoms with Gasteiger partial charge in [0, 0.05) is 0 Å². The zero-order valence-corrected chi connectivity index (χ0v) is 11.8. The molecule has 1 aliphatic rings. The summed E-state index contributed by atoms with van der Waals surface area (Å²) in [5.41, 5.74) is 1.20. The molecule has 2 aromatic carbocycles. The average molecular weight is 303 g/mol. The fourth-order valence-corrected chi connectivity index (χ4v) is 2.47. The number of hydroxylamine groups is 2. The van der Waals surface area contributed by atoms with Gasteiger partial charge in [-0.15, -0.1) is 0 Å². The number of nitrogens with zero attached hydrogens (tertiary/aromatic N) is 1. The van der Waals surface area contributed by atoms with E-state index >= 15 is 0 Å². The molecular weight excluding hydrogens is 288 g/mol. The van der Waals surface area contributed by atoms with Crippen molar-refractivity contribution in [3.05, 3.63) is 71.3 Å². The molecule has 3 nitrogen and oxygen atoms in total. The van der Waals surface area contributed by atoms with Crippen LogP contribution in [0.5, 0.6) is 0 Å². The third-order valence-electron chi connectivity index (χ3n) is 3.66. The van der Waals surface area contributed by atoms with Gasteiger partial charge in [-0.05, 0) is 35.7 Å². The van der Waals surface area contributed by atoms with Gasteiger partial charge in [0.1, 0.15) is 18.2 Å². The molecule has 0 radical (unpaired) electrons. The Hall–Kier alpha value is -2.27. The lowest BCUT2D eigenvalue weighted by atomic mass is 9.96. The average Bonchev–Trinajstić information content (AvgIpc) is 2.51. The number of carbonyl (C=O) groups excluding carboxylic acids is 1. The molecule has 1 aliphatic heterocycles. The molecule has 22 heavy (non-hydrogen) atoms. The highest BCUT2D eigenvalue weighted by Crippen LogP contribution is 2.25. The van der Waals surface area contributed by atoms with Crippen molar-refractivity contribution in [2.45, 2.75) is 25.5 Å². The van der Waals surface area contributed by atoms with Crippen LogP contribution in [0.1, 0.15) is 17.5 Å². The zero-order chi connectivity index (χ0) is 15.5. The van der Waals surface area contributed by atoms with E-state index < -0.39 is 11.6 Å². The van der Waals surface area contributed by atoms with Gasteiger partial charge in [0.05, 0.1) is 12.5 Å². The van der Waals surface area contributed by atoms with Crippen molar-refractivity contribution in [1.29, 1.82) is 0 Å². The summed E-state index contributed by atoms with van der Waals surface area (Å²) in [6.45, 7) is 0.273. The van der Waals surface area contributed by atoms with Crippen molar-refractivity contribution >= 4 is 5.91 Å². The van der Waals surface area contributed by atoms with Crippen LogP contribution in [0.15, 0.2) is 48.5 Å². The van der Waals surface area contributed by atoms with Gasteiger partial charge in [0.15, 0.2) is 0 Å². The Bertz CT molecular complexity index is 676. The fraction of sp³-hybridized carbons (Fsp3) is 0.235. The summed E-state index contributed by atoms with van der Waals surface area (Å²) in [5.74, 6) is -1.10. The van der Waals surface area contributed by atoms with Crippen LogP contribution >= 0.6 is 0 Å². The summed E-state index contributed by atoms with van der Waals surface area (Å²) in [6.07, 6.45) is 0.523. The SMILES string of the molecule is O=C1C[C@@H](Cc2cc(F)ccc2F)N1OCc1ccccc1. The van der Waals surface area contributed by atoms with Crippen LogP contribution in [0.2, 0.25) is 0 Å². The Labute approximate surface area is 127 Å². The van der Waals surface area contributed by atoms with Crippen LogP contribution in [-0.2, 0) is 22.7 Å². The van der Waals surface area contributed by atoms with E-state index in [0.717, 1.165) is 23.8 Å². The first-order valence-electron chi connectivity index (χ1n) is 7.06. The Balaban J connectivity index is 1.62. The Kier molecular flexibility index (Phi) is 4.15. The van der Waals surface area contributed by atoms with E-state index in [1.807, 2.05) is 30.3 Å². The maximum atomic E-state index is 13.7. The molecule has 0 aromatic heterocycles. The molecule has 0 spiro atoms. The standard InChI is InChI=1S/C17H15F2NO2/c18-14-6-7-16(19)13(8-14)9-15-10-17(21)20(15)22-11-12-4-2-1-3-5-12/h1-8,15H,9-11H2/t15-/m1/s1. The monoisotopic (exact) mass is 303 g/mol. The van der Waals surface area contributed by atoms with Crippen LogP contribution in [0.25, 0.3) is 0 Å². The maximum absolute atomic E-state index is 13.7. The van der Waals surface area contributed by atoms with Gasteiger partial charge in [-0.2, -0.15) is 0 Å². The van der Waals surface area contributed by atoms with Crippen molar-refractivity contribution in [2.75, 3.05) is 0 Å².